The van der Waals surface area contributed by atoms with Gasteiger partial charge in [-0.2, -0.15) is 5.10 Å². The van der Waals surface area contributed by atoms with E-state index >= 15 is 0 Å². The van der Waals surface area contributed by atoms with Gasteiger partial charge in [-0.25, -0.2) is 5.43 Å². The number of carbonyl (C=O) groups excluding carboxylic acids is 2. The monoisotopic (exact) mass is 401 g/mol. The average Bonchev–Trinajstić information content (AvgIpc) is 2.79. The molecular formula is C24H23N3O3. The smallest absolute Gasteiger partial charge is 0.273 e. The first-order valence-electron chi connectivity index (χ1n) is 9.47. The second-order valence-corrected chi connectivity index (χ2v) is 6.60. The minimum absolute atomic E-state index is 0.174. The van der Waals surface area contributed by atoms with Crippen LogP contribution in [0.1, 0.15) is 34.5 Å². The largest absolute Gasteiger partial charge is 0.367 e. The summed E-state index contributed by atoms with van der Waals surface area (Å²) < 4.78 is 5.30. The van der Waals surface area contributed by atoms with Crippen LogP contribution in [0.15, 0.2) is 90.0 Å². The molecule has 0 fully saturated rings. The number of amides is 2. The van der Waals surface area contributed by atoms with Crippen LogP contribution in [0.5, 0.6) is 0 Å². The van der Waals surface area contributed by atoms with Crippen molar-refractivity contribution in [3.05, 3.63) is 102 Å². The average molecular weight is 401 g/mol. The molecule has 1 atom stereocenters. The highest BCUT2D eigenvalue weighted by Crippen LogP contribution is 2.16. The lowest BCUT2D eigenvalue weighted by molar-refractivity contribution is -0.131. The fourth-order valence-corrected chi connectivity index (χ4v) is 2.87. The van der Waals surface area contributed by atoms with E-state index in [9.17, 15) is 9.59 Å². The SMILES string of the molecule is COC(C(=O)N/N=C(\C)c1ccc(NC(=O)c2ccccc2)cc1)c1ccccc1. The molecule has 0 heterocycles. The van der Waals surface area contributed by atoms with E-state index in [2.05, 4.69) is 15.8 Å². The third-order valence-electron chi connectivity index (χ3n) is 4.51. The molecular weight excluding hydrogens is 378 g/mol. The maximum Gasteiger partial charge on any atom is 0.273 e. The molecule has 1 unspecified atom stereocenters. The summed E-state index contributed by atoms with van der Waals surface area (Å²) in [6.07, 6.45) is -0.738. The summed E-state index contributed by atoms with van der Waals surface area (Å²) in [4.78, 5) is 24.7. The van der Waals surface area contributed by atoms with E-state index in [1.807, 2.05) is 60.7 Å². The molecule has 0 aliphatic carbocycles. The van der Waals surface area contributed by atoms with E-state index in [1.165, 1.54) is 7.11 Å². The molecule has 6 nitrogen and oxygen atoms in total. The van der Waals surface area contributed by atoms with E-state index in [-0.39, 0.29) is 11.8 Å². The fraction of sp³-hybridized carbons (Fsp3) is 0.125. The summed E-state index contributed by atoms with van der Waals surface area (Å²) in [6.45, 7) is 1.79. The molecule has 0 aromatic heterocycles. The molecule has 30 heavy (non-hydrogen) atoms. The molecule has 2 N–H and O–H groups in total. The minimum atomic E-state index is -0.738. The number of nitrogens with zero attached hydrogens (tertiary/aromatic N) is 1. The van der Waals surface area contributed by atoms with Gasteiger partial charge in [0.25, 0.3) is 11.8 Å². The van der Waals surface area contributed by atoms with Crippen LogP contribution >= 0.6 is 0 Å². The van der Waals surface area contributed by atoms with E-state index in [0.717, 1.165) is 11.1 Å². The Morgan fingerprint density at radius 2 is 1.43 bits per heavy atom. The van der Waals surface area contributed by atoms with Crippen molar-refractivity contribution in [2.45, 2.75) is 13.0 Å². The number of hydrogen-bond acceptors (Lipinski definition) is 4. The van der Waals surface area contributed by atoms with Gasteiger partial charge in [-0.3, -0.25) is 9.59 Å². The Balaban J connectivity index is 1.62. The molecule has 0 spiro atoms. The molecule has 2 amide bonds. The van der Waals surface area contributed by atoms with Gasteiger partial charge in [-0.05, 0) is 42.3 Å². The van der Waals surface area contributed by atoms with E-state index < -0.39 is 6.10 Å². The van der Waals surface area contributed by atoms with Crippen molar-refractivity contribution in [2.24, 2.45) is 5.10 Å². The number of hydrazone groups is 1. The van der Waals surface area contributed by atoms with Gasteiger partial charge < -0.3 is 10.1 Å². The molecule has 3 rings (SSSR count). The standard InChI is InChI=1S/C24H23N3O3/c1-17(26-27-24(29)22(30-2)19-9-5-3-6-10-19)18-13-15-21(16-14-18)25-23(28)20-11-7-4-8-12-20/h3-16,22H,1-2H3,(H,25,28)(H,27,29)/b26-17+. The Morgan fingerprint density at radius 3 is 2.03 bits per heavy atom. The van der Waals surface area contributed by atoms with Gasteiger partial charge in [0.05, 0.1) is 5.71 Å². The molecule has 152 valence electrons. The van der Waals surface area contributed by atoms with Crippen LogP contribution in [0.25, 0.3) is 0 Å². The quantitative estimate of drug-likeness (QED) is 0.461. The number of benzene rings is 3. The molecule has 3 aromatic rings. The topological polar surface area (TPSA) is 79.8 Å². The summed E-state index contributed by atoms with van der Waals surface area (Å²) >= 11 is 0. The van der Waals surface area contributed by atoms with Crippen molar-refractivity contribution < 1.29 is 14.3 Å². The first-order valence-corrected chi connectivity index (χ1v) is 9.47. The summed E-state index contributed by atoms with van der Waals surface area (Å²) in [5.41, 5.74) is 6.02. The van der Waals surface area contributed by atoms with Gasteiger partial charge >= 0.3 is 0 Å². The maximum atomic E-state index is 12.4. The number of rotatable bonds is 7. The number of nitrogens with one attached hydrogen (secondary N) is 2. The summed E-state index contributed by atoms with van der Waals surface area (Å²) in [6, 6.07) is 25.5. The van der Waals surface area contributed by atoms with E-state index in [1.54, 1.807) is 31.2 Å². The zero-order chi connectivity index (χ0) is 21.3. The van der Waals surface area contributed by atoms with Gasteiger partial charge in [0, 0.05) is 18.4 Å². The second-order valence-electron chi connectivity index (χ2n) is 6.60. The highest BCUT2D eigenvalue weighted by atomic mass is 16.5. The van der Waals surface area contributed by atoms with Crippen LogP contribution < -0.4 is 10.7 Å². The van der Waals surface area contributed by atoms with Crippen molar-refractivity contribution >= 4 is 23.2 Å². The Hall–Kier alpha value is -3.77. The van der Waals surface area contributed by atoms with Gasteiger partial charge in [0.2, 0.25) is 0 Å². The lowest BCUT2D eigenvalue weighted by atomic mass is 10.1. The number of anilines is 1. The van der Waals surface area contributed by atoms with Crippen molar-refractivity contribution in [3.8, 4) is 0 Å². The predicted molar refractivity (Wildman–Crippen MR) is 117 cm³/mol. The van der Waals surface area contributed by atoms with Crippen LogP contribution in [0.3, 0.4) is 0 Å². The Morgan fingerprint density at radius 1 is 0.833 bits per heavy atom. The molecule has 3 aromatic carbocycles. The van der Waals surface area contributed by atoms with E-state index in [0.29, 0.717) is 17.0 Å². The highest BCUT2D eigenvalue weighted by molar-refractivity contribution is 6.05. The van der Waals surface area contributed by atoms with Gasteiger partial charge in [-0.15, -0.1) is 0 Å². The van der Waals surface area contributed by atoms with Gasteiger partial charge in [0.1, 0.15) is 0 Å². The molecule has 0 aliphatic heterocycles. The number of methoxy groups -OCH3 is 1. The van der Waals surface area contributed by atoms with Crippen molar-refractivity contribution in [3.63, 3.8) is 0 Å². The van der Waals surface area contributed by atoms with Crippen LogP contribution in [0, 0.1) is 0 Å². The van der Waals surface area contributed by atoms with Crippen LogP contribution in [-0.2, 0) is 9.53 Å². The number of ether oxygens (including phenoxy) is 1. The Labute approximate surface area is 175 Å². The van der Waals surface area contributed by atoms with Gasteiger partial charge in [0.15, 0.2) is 6.10 Å². The fourth-order valence-electron chi connectivity index (χ4n) is 2.87. The van der Waals surface area contributed by atoms with Gasteiger partial charge in [-0.1, -0.05) is 60.7 Å². The van der Waals surface area contributed by atoms with Crippen LogP contribution in [-0.4, -0.2) is 24.6 Å². The number of carbonyl (C=O) groups is 2. The second kappa shape index (κ2) is 10.1. The molecule has 6 heteroatoms. The lowest BCUT2D eigenvalue weighted by Gasteiger charge is -2.14. The summed E-state index contributed by atoms with van der Waals surface area (Å²) in [5, 5.41) is 7.03. The Kier molecular flexibility index (Phi) is 7.08. The zero-order valence-corrected chi connectivity index (χ0v) is 16.8. The van der Waals surface area contributed by atoms with E-state index in [4.69, 9.17) is 4.74 Å². The first-order chi connectivity index (χ1) is 14.6. The number of hydrogen-bond donors (Lipinski definition) is 2. The molecule has 0 saturated heterocycles. The molecule has 0 aliphatic rings. The molecule has 0 radical (unpaired) electrons. The summed E-state index contributed by atoms with van der Waals surface area (Å²) in [5.74, 6) is -0.526. The normalized spacial score (nSPS) is 12.1. The van der Waals surface area contributed by atoms with Crippen LogP contribution in [0.4, 0.5) is 5.69 Å². The van der Waals surface area contributed by atoms with Crippen molar-refractivity contribution in [1.82, 2.24) is 5.43 Å². The minimum Gasteiger partial charge on any atom is -0.367 e. The predicted octanol–water partition coefficient (Wildman–Crippen LogP) is 4.17. The molecule has 0 bridgehead atoms. The van der Waals surface area contributed by atoms with Crippen LogP contribution in [0.2, 0.25) is 0 Å². The lowest BCUT2D eigenvalue weighted by Crippen LogP contribution is -2.27. The zero-order valence-electron chi connectivity index (χ0n) is 16.8. The van der Waals surface area contributed by atoms with Crippen molar-refractivity contribution in [2.75, 3.05) is 12.4 Å². The maximum absolute atomic E-state index is 12.4. The van der Waals surface area contributed by atoms with Crippen molar-refractivity contribution in [1.29, 1.82) is 0 Å². The third kappa shape index (κ3) is 5.40. The summed E-state index contributed by atoms with van der Waals surface area (Å²) in [7, 11) is 1.48. The Bertz CT molecular complexity index is 1020. The first kappa shape index (κ1) is 21.0. The highest BCUT2D eigenvalue weighted by Gasteiger charge is 2.19. The molecule has 0 saturated carbocycles. The third-order valence-corrected chi connectivity index (χ3v) is 4.51.